The molecule has 2 saturated heterocycles. The van der Waals surface area contributed by atoms with E-state index in [4.69, 9.17) is 10.2 Å². The zero-order valence-corrected chi connectivity index (χ0v) is 8.97. The molecule has 0 aromatic rings. The molecule has 0 spiro atoms. The Bertz CT molecular complexity index is 314. The van der Waals surface area contributed by atoms with Crippen molar-refractivity contribution < 1.29 is 30.3 Å². The number of nitrogens with one attached hydrogen (secondary N) is 1. The van der Waals surface area contributed by atoms with Crippen LogP contribution in [-0.4, -0.2) is 86.1 Å². The molecule has 6 atom stereocenters. The summed E-state index contributed by atoms with van der Waals surface area (Å²) in [7, 11) is 0. The maximum Gasteiger partial charge on any atom is 0.322 e. The van der Waals surface area contributed by atoms with Crippen LogP contribution in [0, 0.1) is 0 Å². The highest BCUT2D eigenvalue weighted by atomic mass is 16.4. The van der Waals surface area contributed by atoms with E-state index in [1.54, 1.807) is 0 Å². The number of aliphatic hydroxyl groups is 4. The van der Waals surface area contributed by atoms with Crippen molar-refractivity contribution in [3.8, 4) is 0 Å². The number of aliphatic hydroxyl groups excluding tert-OH is 4. The number of hydrogen-bond donors (Lipinski definition) is 6. The van der Waals surface area contributed by atoms with E-state index in [9.17, 15) is 20.1 Å². The van der Waals surface area contributed by atoms with E-state index in [-0.39, 0.29) is 6.54 Å². The van der Waals surface area contributed by atoms with Crippen LogP contribution in [0.15, 0.2) is 0 Å². The van der Waals surface area contributed by atoms with Crippen molar-refractivity contribution in [2.24, 2.45) is 0 Å². The molecule has 0 radical (unpaired) electrons. The summed E-state index contributed by atoms with van der Waals surface area (Å²) in [4.78, 5) is 12.3. The molecule has 2 rings (SSSR count). The average molecular weight is 248 g/mol. The number of aliphatic carboxylic acids is 1. The third kappa shape index (κ3) is 1.92. The molecule has 0 bridgehead atoms. The standard InChI is InChI=1S/C9H16N2O6/c12-2-4-5(13)6(14)7(15)8-10-3(9(16)17)1-11(4)8/h3-8,10,12-15H,1-2H2,(H,16,17)/t3?,4-,5-,6+,7-,8?/m1/s1. The van der Waals surface area contributed by atoms with Crippen LogP contribution in [0.2, 0.25) is 0 Å². The van der Waals surface area contributed by atoms with Crippen molar-refractivity contribution in [2.45, 2.75) is 36.6 Å². The quantitative estimate of drug-likeness (QED) is 0.292. The van der Waals surface area contributed by atoms with E-state index in [1.165, 1.54) is 4.90 Å². The fourth-order valence-corrected chi connectivity index (χ4v) is 2.49. The molecular formula is C9H16N2O6. The minimum absolute atomic E-state index is 0.0616. The smallest absolute Gasteiger partial charge is 0.322 e. The van der Waals surface area contributed by atoms with E-state index in [1.807, 2.05) is 0 Å². The molecule has 2 aliphatic heterocycles. The van der Waals surface area contributed by atoms with Crippen LogP contribution in [0.4, 0.5) is 0 Å². The molecule has 0 aliphatic carbocycles. The van der Waals surface area contributed by atoms with Gasteiger partial charge in [-0.2, -0.15) is 0 Å². The summed E-state index contributed by atoms with van der Waals surface area (Å²) >= 11 is 0. The Labute approximate surface area is 97.1 Å². The predicted molar refractivity (Wildman–Crippen MR) is 53.9 cm³/mol. The molecule has 2 unspecified atom stereocenters. The first-order valence-electron chi connectivity index (χ1n) is 5.37. The first kappa shape index (κ1) is 12.7. The number of carbonyl (C=O) groups is 1. The molecular weight excluding hydrogens is 232 g/mol. The maximum absolute atomic E-state index is 10.9. The SMILES string of the molecule is O=C(O)C1CN2C(N1)[C@H](O)[C@@H](O)[C@H](O)[C@H]2CO. The Morgan fingerprint density at radius 2 is 1.88 bits per heavy atom. The Kier molecular flexibility index (Phi) is 3.34. The van der Waals surface area contributed by atoms with Crippen LogP contribution < -0.4 is 5.32 Å². The van der Waals surface area contributed by atoms with Crippen molar-refractivity contribution in [3.05, 3.63) is 0 Å². The van der Waals surface area contributed by atoms with E-state index < -0.39 is 49.1 Å². The number of nitrogens with zero attached hydrogens (tertiary/aromatic N) is 1. The van der Waals surface area contributed by atoms with Gasteiger partial charge in [0.1, 0.15) is 24.4 Å². The van der Waals surface area contributed by atoms with Crippen LogP contribution in [0.25, 0.3) is 0 Å². The van der Waals surface area contributed by atoms with Crippen LogP contribution >= 0.6 is 0 Å². The highest BCUT2D eigenvalue weighted by Gasteiger charge is 2.52. The van der Waals surface area contributed by atoms with Crippen LogP contribution in [0.3, 0.4) is 0 Å². The molecule has 17 heavy (non-hydrogen) atoms. The van der Waals surface area contributed by atoms with Gasteiger partial charge in [0.25, 0.3) is 0 Å². The Morgan fingerprint density at radius 3 is 2.41 bits per heavy atom. The normalized spacial score (nSPS) is 46.8. The lowest BCUT2D eigenvalue weighted by molar-refractivity contribution is -0.164. The highest BCUT2D eigenvalue weighted by Crippen LogP contribution is 2.27. The van der Waals surface area contributed by atoms with Gasteiger partial charge in [-0.1, -0.05) is 0 Å². The summed E-state index contributed by atoms with van der Waals surface area (Å²) in [6.45, 7) is -0.360. The largest absolute Gasteiger partial charge is 0.480 e. The van der Waals surface area contributed by atoms with Gasteiger partial charge >= 0.3 is 5.97 Å². The van der Waals surface area contributed by atoms with Gasteiger partial charge < -0.3 is 25.5 Å². The number of rotatable bonds is 2. The number of piperidine rings is 1. The van der Waals surface area contributed by atoms with Gasteiger partial charge in [-0.15, -0.1) is 0 Å². The second-order valence-electron chi connectivity index (χ2n) is 4.42. The number of hydrogen-bond acceptors (Lipinski definition) is 7. The Morgan fingerprint density at radius 1 is 1.24 bits per heavy atom. The molecule has 0 saturated carbocycles. The fourth-order valence-electron chi connectivity index (χ4n) is 2.49. The van der Waals surface area contributed by atoms with Crippen LogP contribution in [0.5, 0.6) is 0 Å². The lowest BCUT2D eigenvalue weighted by Gasteiger charge is -2.44. The molecule has 8 nitrogen and oxygen atoms in total. The molecule has 6 N–H and O–H groups in total. The number of fused-ring (bicyclic) bond motifs is 1. The van der Waals surface area contributed by atoms with Gasteiger partial charge in [0.15, 0.2) is 0 Å². The van der Waals surface area contributed by atoms with E-state index >= 15 is 0 Å². The van der Waals surface area contributed by atoms with E-state index in [0.717, 1.165) is 0 Å². The zero-order chi connectivity index (χ0) is 12.7. The monoisotopic (exact) mass is 248 g/mol. The lowest BCUT2D eigenvalue weighted by atomic mass is 9.92. The fraction of sp³-hybridized carbons (Fsp3) is 0.889. The highest BCUT2D eigenvalue weighted by molar-refractivity contribution is 5.74. The van der Waals surface area contributed by atoms with Crippen LogP contribution in [-0.2, 0) is 4.79 Å². The molecule has 0 amide bonds. The maximum atomic E-state index is 10.9. The van der Waals surface area contributed by atoms with Crippen molar-refractivity contribution >= 4 is 5.97 Å². The Balaban J connectivity index is 2.21. The summed E-state index contributed by atoms with van der Waals surface area (Å²) in [5.41, 5.74) is 0. The first-order chi connectivity index (χ1) is 7.97. The Hall–Kier alpha value is -0.770. The van der Waals surface area contributed by atoms with Gasteiger partial charge in [-0.05, 0) is 0 Å². The molecule has 2 aliphatic rings. The molecule has 0 aromatic carbocycles. The minimum Gasteiger partial charge on any atom is -0.480 e. The molecule has 0 aromatic heterocycles. The van der Waals surface area contributed by atoms with Gasteiger partial charge in [0, 0.05) is 6.54 Å². The third-order valence-electron chi connectivity index (χ3n) is 3.45. The van der Waals surface area contributed by atoms with E-state index in [0.29, 0.717) is 0 Å². The average Bonchev–Trinajstić information content (AvgIpc) is 2.72. The zero-order valence-electron chi connectivity index (χ0n) is 8.97. The van der Waals surface area contributed by atoms with Crippen molar-refractivity contribution in [2.75, 3.05) is 13.2 Å². The summed E-state index contributed by atoms with van der Waals surface area (Å²) in [6.07, 6.45) is -4.78. The minimum atomic E-state index is -1.41. The molecule has 2 fully saturated rings. The second kappa shape index (κ2) is 4.48. The predicted octanol–water partition coefficient (Wildman–Crippen LogP) is -3.87. The van der Waals surface area contributed by atoms with Crippen molar-refractivity contribution in [3.63, 3.8) is 0 Å². The van der Waals surface area contributed by atoms with Crippen molar-refractivity contribution in [1.29, 1.82) is 0 Å². The summed E-state index contributed by atoms with van der Waals surface area (Å²) in [5, 5.41) is 49.7. The summed E-state index contributed by atoms with van der Waals surface area (Å²) < 4.78 is 0. The summed E-state index contributed by atoms with van der Waals surface area (Å²) in [6, 6.07) is -1.67. The number of carboxylic acids is 1. The first-order valence-corrected chi connectivity index (χ1v) is 5.37. The molecule has 2 heterocycles. The molecule has 8 heteroatoms. The summed E-state index contributed by atoms with van der Waals surface area (Å²) in [5.74, 6) is -1.08. The van der Waals surface area contributed by atoms with Gasteiger partial charge in [0.05, 0.1) is 18.8 Å². The van der Waals surface area contributed by atoms with Gasteiger partial charge in [-0.25, -0.2) is 0 Å². The van der Waals surface area contributed by atoms with Gasteiger partial charge in [0.2, 0.25) is 0 Å². The molecule has 98 valence electrons. The van der Waals surface area contributed by atoms with Crippen molar-refractivity contribution in [1.82, 2.24) is 10.2 Å². The lowest BCUT2D eigenvalue weighted by Crippen LogP contribution is -2.67. The van der Waals surface area contributed by atoms with Gasteiger partial charge in [-0.3, -0.25) is 15.0 Å². The topological polar surface area (TPSA) is 133 Å². The number of carboxylic acid groups (broad SMARTS) is 1. The third-order valence-corrected chi connectivity index (χ3v) is 3.45. The van der Waals surface area contributed by atoms with E-state index in [2.05, 4.69) is 5.32 Å². The van der Waals surface area contributed by atoms with Crippen LogP contribution in [0.1, 0.15) is 0 Å². The second-order valence-corrected chi connectivity index (χ2v) is 4.42.